The summed E-state index contributed by atoms with van der Waals surface area (Å²) in [5.41, 5.74) is 6.08. The van der Waals surface area contributed by atoms with E-state index in [2.05, 4.69) is 0 Å². The summed E-state index contributed by atoms with van der Waals surface area (Å²) in [6.07, 6.45) is 0. The van der Waals surface area contributed by atoms with Crippen LogP contribution in [0.2, 0.25) is 0 Å². The maximum absolute atomic E-state index is 13.0. The highest BCUT2D eigenvalue weighted by atomic mass is 32.2. The van der Waals surface area contributed by atoms with Gasteiger partial charge in [-0.3, -0.25) is 0 Å². The van der Waals surface area contributed by atoms with Gasteiger partial charge < -0.3 is 10.5 Å². The Balaban J connectivity index is 3.05. The third kappa shape index (κ3) is 3.87. The normalized spacial score (nSPS) is 12.5. The van der Waals surface area contributed by atoms with Gasteiger partial charge in [0.05, 0.1) is 25.1 Å². The van der Waals surface area contributed by atoms with Crippen molar-refractivity contribution in [1.82, 2.24) is 4.72 Å². The van der Waals surface area contributed by atoms with E-state index in [1.54, 1.807) is 13.8 Å². The van der Waals surface area contributed by atoms with Crippen molar-refractivity contribution in [2.75, 3.05) is 20.2 Å². The highest BCUT2D eigenvalue weighted by Crippen LogP contribution is 2.26. The van der Waals surface area contributed by atoms with E-state index in [0.29, 0.717) is 16.9 Å². The summed E-state index contributed by atoms with van der Waals surface area (Å²) in [6.45, 7) is 1.41. The summed E-state index contributed by atoms with van der Waals surface area (Å²) < 4.78 is 56.9. The molecule has 1 aromatic carbocycles. The minimum atomic E-state index is -4.01. The van der Waals surface area contributed by atoms with Crippen molar-refractivity contribution in [2.45, 2.75) is 24.7 Å². The van der Waals surface area contributed by atoms with Crippen molar-refractivity contribution in [3.05, 3.63) is 23.3 Å². The van der Waals surface area contributed by atoms with Crippen LogP contribution in [0.4, 0.5) is 8.78 Å². The maximum atomic E-state index is 13.0. The molecule has 0 bridgehead atoms. The molecule has 0 aliphatic rings. The van der Waals surface area contributed by atoms with Crippen LogP contribution in [0, 0.1) is 13.8 Å². The Bertz CT molecular complexity index is 565. The lowest BCUT2D eigenvalue weighted by atomic mass is 10.1. The maximum Gasteiger partial charge on any atom is 0.273 e. The number of benzene rings is 1. The van der Waals surface area contributed by atoms with Crippen molar-refractivity contribution < 1.29 is 21.9 Å². The average molecular weight is 308 g/mol. The molecule has 0 saturated carbocycles. The van der Waals surface area contributed by atoms with Crippen LogP contribution in [0.1, 0.15) is 11.1 Å². The van der Waals surface area contributed by atoms with E-state index < -0.39 is 29.0 Å². The van der Waals surface area contributed by atoms with E-state index in [4.69, 9.17) is 10.5 Å². The van der Waals surface area contributed by atoms with E-state index in [1.807, 2.05) is 4.72 Å². The molecule has 0 aliphatic carbocycles. The third-order valence-corrected chi connectivity index (χ3v) is 4.15. The summed E-state index contributed by atoms with van der Waals surface area (Å²) in [4.78, 5) is -0.0823. The summed E-state index contributed by atoms with van der Waals surface area (Å²) in [5.74, 6) is -2.71. The van der Waals surface area contributed by atoms with Crippen LogP contribution in [0.15, 0.2) is 17.0 Å². The van der Waals surface area contributed by atoms with Gasteiger partial charge in [0, 0.05) is 0 Å². The molecule has 114 valence electrons. The molecule has 1 rings (SSSR count). The zero-order valence-electron chi connectivity index (χ0n) is 11.5. The molecule has 0 spiro atoms. The molecular weight excluding hydrogens is 290 g/mol. The van der Waals surface area contributed by atoms with Gasteiger partial charge in [0.15, 0.2) is 0 Å². The van der Waals surface area contributed by atoms with Gasteiger partial charge in [0.1, 0.15) is 5.75 Å². The van der Waals surface area contributed by atoms with E-state index in [9.17, 15) is 17.2 Å². The number of methoxy groups -OCH3 is 1. The molecule has 0 amide bonds. The smallest absolute Gasteiger partial charge is 0.273 e. The van der Waals surface area contributed by atoms with E-state index in [1.165, 1.54) is 19.2 Å². The lowest BCUT2D eigenvalue weighted by Gasteiger charge is -2.16. The number of rotatable bonds is 6. The number of hydrogen-bond acceptors (Lipinski definition) is 4. The monoisotopic (exact) mass is 308 g/mol. The molecule has 0 saturated heterocycles. The first-order chi connectivity index (χ1) is 9.13. The zero-order chi connectivity index (χ0) is 15.6. The molecule has 0 radical (unpaired) electrons. The second kappa shape index (κ2) is 6.02. The number of nitrogens with two attached hydrogens (primary N) is 1. The summed E-state index contributed by atoms with van der Waals surface area (Å²) in [7, 11) is -2.54. The third-order valence-electron chi connectivity index (χ3n) is 2.77. The number of halogens is 2. The number of hydrogen-bond donors (Lipinski definition) is 2. The van der Waals surface area contributed by atoms with Crippen LogP contribution in [0.25, 0.3) is 0 Å². The second-order valence-electron chi connectivity index (χ2n) is 4.47. The first-order valence-electron chi connectivity index (χ1n) is 5.86. The Morgan fingerprint density at radius 1 is 1.30 bits per heavy atom. The average Bonchev–Trinajstić information content (AvgIpc) is 2.36. The predicted molar refractivity (Wildman–Crippen MR) is 71.7 cm³/mol. The summed E-state index contributed by atoms with van der Waals surface area (Å²) in [6, 6.07) is 2.74. The van der Waals surface area contributed by atoms with Crippen LogP contribution in [-0.4, -0.2) is 34.5 Å². The van der Waals surface area contributed by atoms with Crippen molar-refractivity contribution in [2.24, 2.45) is 5.73 Å². The Hall–Kier alpha value is -1.25. The Kier molecular flexibility index (Phi) is 5.06. The first-order valence-corrected chi connectivity index (χ1v) is 7.34. The van der Waals surface area contributed by atoms with Crippen molar-refractivity contribution in [1.29, 1.82) is 0 Å². The van der Waals surface area contributed by atoms with Gasteiger partial charge in [-0.05, 0) is 37.1 Å². The number of ether oxygens (including phenoxy) is 1. The molecule has 0 heterocycles. The Labute approximate surface area is 117 Å². The highest BCUT2D eigenvalue weighted by Gasteiger charge is 2.29. The van der Waals surface area contributed by atoms with Gasteiger partial charge in [-0.1, -0.05) is 0 Å². The van der Waals surface area contributed by atoms with Crippen molar-refractivity contribution in [3.8, 4) is 5.75 Å². The number of nitrogens with one attached hydrogen (secondary N) is 1. The van der Waals surface area contributed by atoms with Gasteiger partial charge in [-0.15, -0.1) is 0 Å². The van der Waals surface area contributed by atoms with Crippen LogP contribution in [0.5, 0.6) is 5.75 Å². The minimum absolute atomic E-state index is 0.0823. The van der Waals surface area contributed by atoms with E-state index >= 15 is 0 Å². The van der Waals surface area contributed by atoms with Gasteiger partial charge in [0.25, 0.3) is 5.92 Å². The zero-order valence-corrected chi connectivity index (χ0v) is 12.4. The number of sulfonamides is 1. The number of alkyl halides is 2. The van der Waals surface area contributed by atoms with Gasteiger partial charge in [-0.2, -0.15) is 0 Å². The van der Waals surface area contributed by atoms with Gasteiger partial charge in [-0.25, -0.2) is 21.9 Å². The predicted octanol–water partition coefficient (Wildman–Crippen LogP) is 1.18. The quantitative estimate of drug-likeness (QED) is 0.827. The van der Waals surface area contributed by atoms with Crippen LogP contribution >= 0.6 is 0 Å². The molecule has 8 heteroatoms. The topological polar surface area (TPSA) is 81.4 Å². The van der Waals surface area contributed by atoms with Crippen molar-refractivity contribution >= 4 is 10.0 Å². The lowest BCUT2D eigenvalue weighted by molar-refractivity contribution is 0.0170. The molecule has 5 nitrogen and oxygen atoms in total. The second-order valence-corrected chi connectivity index (χ2v) is 6.24. The van der Waals surface area contributed by atoms with Gasteiger partial charge in [0.2, 0.25) is 10.0 Å². The molecule has 0 unspecified atom stereocenters. The van der Waals surface area contributed by atoms with Crippen LogP contribution in [-0.2, 0) is 10.0 Å². The fraction of sp³-hybridized carbons (Fsp3) is 0.500. The SMILES string of the molecule is COc1c(C)cc(S(=O)(=O)NCC(F)(F)CN)cc1C. The molecule has 0 atom stereocenters. The van der Waals surface area contributed by atoms with Crippen molar-refractivity contribution in [3.63, 3.8) is 0 Å². The fourth-order valence-electron chi connectivity index (χ4n) is 1.74. The van der Waals surface area contributed by atoms with Crippen LogP contribution < -0.4 is 15.2 Å². The number of aryl methyl sites for hydroxylation is 2. The Morgan fingerprint density at radius 3 is 2.20 bits per heavy atom. The summed E-state index contributed by atoms with van der Waals surface area (Å²) >= 11 is 0. The first kappa shape index (κ1) is 16.8. The fourth-order valence-corrected chi connectivity index (χ4v) is 2.98. The largest absolute Gasteiger partial charge is 0.496 e. The van der Waals surface area contributed by atoms with Crippen LogP contribution in [0.3, 0.4) is 0 Å². The summed E-state index contributed by atoms with van der Waals surface area (Å²) in [5, 5.41) is 0. The molecule has 20 heavy (non-hydrogen) atoms. The molecule has 3 N–H and O–H groups in total. The lowest BCUT2D eigenvalue weighted by Crippen LogP contribution is -2.41. The van der Waals surface area contributed by atoms with Gasteiger partial charge >= 0.3 is 0 Å². The Morgan fingerprint density at radius 2 is 1.80 bits per heavy atom. The van der Waals surface area contributed by atoms with E-state index in [0.717, 1.165) is 0 Å². The highest BCUT2D eigenvalue weighted by molar-refractivity contribution is 7.89. The molecule has 1 aromatic rings. The molecule has 0 fully saturated rings. The minimum Gasteiger partial charge on any atom is -0.496 e. The molecule has 0 aliphatic heterocycles. The molecular formula is C12H18F2N2O3S. The standard InChI is InChI=1S/C12H18F2N2O3S/c1-8-4-10(5-9(2)11(8)19-3)20(17,18)16-7-12(13,14)6-15/h4-5,16H,6-7,15H2,1-3H3. The molecule has 0 aromatic heterocycles. The van der Waals surface area contributed by atoms with E-state index in [-0.39, 0.29) is 4.90 Å².